The number of hydrogen-bond donors (Lipinski definition) is 1. The van der Waals surface area contributed by atoms with E-state index >= 15 is 0 Å². The molecule has 1 unspecified atom stereocenters. The highest BCUT2D eigenvalue weighted by Crippen LogP contribution is 2.36. The molecule has 0 radical (unpaired) electrons. The van der Waals surface area contributed by atoms with Crippen LogP contribution in [0.25, 0.3) is 21.3 Å². The molecule has 7 heteroatoms. The van der Waals surface area contributed by atoms with Gasteiger partial charge in [0, 0.05) is 11.6 Å². The monoisotopic (exact) mass is 426 g/mol. The molecule has 1 saturated heterocycles. The summed E-state index contributed by atoms with van der Waals surface area (Å²) >= 11 is 8.02. The predicted molar refractivity (Wildman–Crippen MR) is 118 cm³/mol. The number of fused-ring (bicyclic) bond motifs is 2. The fourth-order valence-electron chi connectivity index (χ4n) is 4.29. The third-order valence-corrected chi connectivity index (χ3v) is 7.04. The number of hydrogen-bond acceptors (Lipinski definition) is 5. The first-order valence-electron chi connectivity index (χ1n) is 10.1. The molecule has 5 rings (SSSR count). The average molecular weight is 427 g/mol. The second-order valence-corrected chi connectivity index (χ2v) is 9.04. The minimum absolute atomic E-state index is 0.0757. The number of likely N-dealkylation sites (tertiary alicyclic amines) is 1. The number of thiazole rings is 1. The van der Waals surface area contributed by atoms with Gasteiger partial charge >= 0.3 is 0 Å². The van der Waals surface area contributed by atoms with E-state index in [1.54, 1.807) is 11.3 Å². The second-order valence-electron chi connectivity index (χ2n) is 7.54. The zero-order chi connectivity index (χ0) is 19.8. The third kappa shape index (κ3) is 3.66. The first kappa shape index (κ1) is 19.0. The van der Waals surface area contributed by atoms with Crippen molar-refractivity contribution in [2.75, 3.05) is 13.2 Å². The van der Waals surface area contributed by atoms with E-state index in [9.17, 15) is 5.11 Å². The van der Waals surface area contributed by atoms with Gasteiger partial charge in [0.25, 0.3) is 0 Å². The quantitative estimate of drug-likeness (QED) is 0.487. The summed E-state index contributed by atoms with van der Waals surface area (Å²) < 4.78 is 3.35. The Hall–Kier alpha value is -1.99. The minimum atomic E-state index is 0.0757. The summed E-state index contributed by atoms with van der Waals surface area (Å²) in [6.45, 7) is 2.37. The standard InChI is InChI=1S/C22H23ClN4OS/c23-15-8-9-16-19(13-15)27(11-12-28)21(24-16)14-26-10-4-3-6-18(26)22-25-17-5-1-2-7-20(17)29-22/h1-2,5,7-9,13,18,28H,3-4,6,10-12,14H2. The molecule has 2 aromatic carbocycles. The second kappa shape index (κ2) is 8.03. The SMILES string of the molecule is OCCn1c(CN2CCCCC2c2nc3ccccc3s2)nc2ccc(Cl)cc21. The molecule has 0 amide bonds. The molecule has 2 aromatic heterocycles. The highest BCUT2D eigenvalue weighted by molar-refractivity contribution is 7.18. The van der Waals surface area contributed by atoms with Crippen LogP contribution in [0.3, 0.4) is 0 Å². The molecule has 150 valence electrons. The molecule has 1 N–H and O–H groups in total. The number of imidazole rings is 1. The van der Waals surface area contributed by atoms with Crippen LogP contribution < -0.4 is 0 Å². The number of nitrogens with zero attached hydrogens (tertiary/aromatic N) is 4. The number of piperidine rings is 1. The number of para-hydroxylation sites is 1. The van der Waals surface area contributed by atoms with Crippen molar-refractivity contribution < 1.29 is 5.11 Å². The number of benzene rings is 2. The number of aliphatic hydroxyl groups is 1. The van der Waals surface area contributed by atoms with Crippen molar-refractivity contribution in [3.63, 3.8) is 0 Å². The van der Waals surface area contributed by atoms with Crippen LogP contribution in [0, 0.1) is 0 Å². The Kier molecular flexibility index (Phi) is 5.26. The summed E-state index contributed by atoms with van der Waals surface area (Å²) in [7, 11) is 0. The van der Waals surface area contributed by atoms with Crippen LogP contribution in [0.15, 0.2) is 42.5 Å². The molecular weight excluding hydrogens is 404 g/mol. The average Bonchev–Trinajstić information content (AvgIpc) is 3.30. The molecule has 5 nitrogen and oxygen atoms in total. The van der Waals surface area contributed by atoms with E-state index in [1.807, 2.05) is 24.3 Å². The van der Waals surface area contributed by atoms with Crippen LogP contribution in [0.4, 0.5) is 0 Å². The molecule has 29 heavy (non-hydrogen) atoms. The van der Waals surface area contributed by atoms with E-state index in [0.717, 1.165) is 41.9 Å². The summed E-state index contributed by atoms with van der Waals surface area (Å²) in [4.78, 5) is 12.3. The molecule has 0 saturated carbocycles. The Balaban J connectivity index is 1.50. The van der Waals surface area contributed by atoms with Crippen LogP contribution in [0.5, 0.6) is 0 Å². The number of rotatable bonds is 5. The van der Waals surface area contributed by atoms with E-state index in [-0.39, 0.29) is 6.61 Å². The highest BCUT2D eigenvalue weighted by Gasteiger charge is 2.28. The Morgan fingerprint density at radius 1 is 1.10 bits per heavy atom. The lowest BCUT2D eigenvalue weighted by Crippen LogP contribution is -2.34. The molecule has 1 aliphatic rings. The van der Waals surface area contributed by atoms with Crippen LogP contribution in [0.2, 0.25) is 5.02 Å². The largest absolute Gasteiger partial charge is 0.395 e. The third-order valence-electron chi connectivity index (χ3n) is 5.67. The maximum Gasteiger partial charge on any atom is 0.124 e. The van der Waals surface area contributed by atoms with Crippen molar-refractivity contribution >= 4 is 44.2 Å². The minimum Gasteiger partial charge on any atom is -0.395 e. The molecule has 3 heterocycles. The molecular formula is C22H23ClN4OS. The number of aliphatic hydroxyl groups excluding tert-OH is 1. The zero-order valence-corrected chi connectivity index (χ0v) is 17.7. The number of halogens is 1. The van der Waals surface area contributed by atoms with Crippen molar-refractivity contribution in [2.45, 2.75) is 38.4 Å². The summed E-state index contributed by atoms with van der Waals surface area (Å²) in [5, 5.41) is 11.5. The Bertz CT molecular complexity index is 1120. The van der Waals surface area contributed by atoms with Gasteiger partial charge in [0.05, 0.1) is 40.4 Å². The molecule has 1 atom stereocenters. The lowest BCUT2D eigenvalue weighted by atomic mass is 10.0. The first-order valence-corrected chi connectivity index (χ1v) is 11.3. The maximum atomic E-state index is 9.60. The van der Waals surface area contributed by atoms with Gasteiger partial charge in [-0.25, -0.2) is 9.97 Å². The van der Waals surface area contributed by atoms with Gasteiger partial charge in [-0.05, 0) is 49.7 Å². The summed E-state index contributed by atoms with van der Waals surface area (Å²) in [6.07, 6.45) is 3.53. The van der Waals surface area contributed by atoms with E-state index in [1.165, 1.54) is 22.5 Å². The molecule has 0 aliphatic carbocycles. The summed E-state index contributed by atoms with van der Waals surface area (Å²) in [6, 6.07) is 14.4. The van der Waals surface area contributed by atoms with Crippen molar-refractivity contribution in [3.8, 4) is 0 Å². The van der Waals surface area contributed by atoms with Gasteiger partial charge in [0.15, 0.2) is 0 Å². The molecule has 1 fully saturated rings. The molecule has 0 bridgehead atoms. The van der Waals surface area contributed by atoms with Gasteiger partial charge < -0.3 is 9.67 Å². The Morgan fingerprint density at radius 2 is 2.00 bits per heavy atom. The fraction of sp³-hybridized carbons (Fsp3) is 0.364. The lowest BCUT2D eigenvalue weighted by Gasteiger charge is -2.34. The molecule has 4 aromatic rings. The van der Waals surface area contributed by atoms with Crippen molar-refractivity contribution in [1.29, 1.82) is 0 Å². The van der Waals surface area contributed by atoms with E-state index < -0.39 is 0 Å². The maximum absolute atomic E-state index is 9.60. The van der Waals surface area contributed by atoms with Gasteiger partial charge in [-0.15, -0.1) is 11.3 Å². The molecule has 0 spiro atoms. The topological polar surface area (TPSA) is 54.2 Å². The summed E-state index contributed by atoms with van der Waals surface area (Å²) in [5.74, 6) is 0.976. The molecule has 1 aliphatic heterocycles. The fourth-order valence-corrected chi connectivity index (χ4v) is 5.59. The van der Waals surface area contributed by atoms with Gasteiger partial charge in [-0.2, -0.15) is 0 Å². The predicted octanol–water partition coefficient (Wildman–Crippen LogP) is 5.02. The van der Waals surface area contributed by atoms with Crippen LogP contribution in [-0.2, 0) is 13.1 Å². The van der Waals surface area contributed by atoms with Crippen molar-refractivity contribution in [3.05, 3.63) is 58.3 Å². The smallest absolute Gasteiger partial charge is 0.124 e. The van der Waals surface area contributed by atoms with Crippen molar-refractivity contribution in [2.24, 2.45) is 0 Å². The normalized spacial score (nSPS) is 18.1. The van der Waals surface area contributed by atoms with Gasteiger partial charge in [-0.1, -0.05) is 30.2 Å². The van der Waals surface area contributed by atoms with E-state index in [4.69, 9.17) is 21.6 Å². The van der Waals surface area contributed by atoms with Gasteiger partial charge in [0.2, 0.25) is 0 Å². The van der Waals surface area contributed by atoms with Gasteiger partial charge in [-0.3, -0.25) is 4.90 Å². The van der Waals surface area contributed by atoms with E-state index in [0.29, 0.717) is 17.6 Å². The van der Waals surface area contributed by atoms with Crippen molar-refractivity contribution in [1.82, 2.24) is 19.4 Å². The van der Waals surface area contributed by atoms with Gasteiger partial charge in [0.1, 0.15) is 10.8 Å². The van der Waals surface area contributed by atoms with E-state index in [2.05, 4.69) is 27.7 Å². The zero-order valence-electron chi connectivity index (χ0n) is 16.1. The van der Waals surface area contributed by atoms with Crippen LogP contribution in [0.1, 0.15) is 36.1 Å². The highest BCUT2D eigenvalue weighted by atomic mass is 35.5. The summed E-state index contributed by atoms with van der Waals surface area (Å²) in [5.41, 5.74) is 2.99. The van der Waals surface area contributed by atoms with Crippen LogP contribution >= 0.6 is 22.9 Å². The lowest BCUT2D eigenvalue weighted by molar-refractivity contribution is 0.134. The van der Waals surface area contributed by atoms with Crippen LogP contribution in [-0.4, -0.2) is 37.7 Å². The Morgan fingerprint density at radius 3 is 2.86 bits per heavy atom. The first-order chi connectivity index (χ1) is 14.2. The Labute approximate surface area is 178 Å². The number of aromatic nitrogens is 3.